The molecule has 0 fully saturated rings. The van der Waals surface area contributed by atoms with Crippen LogP contribution in [0.4, 0.5) is 5.69 Å². The third-order valence-electron chi connectivity index (χ3n) is 5.31. The van der Waals surface area contributed by atoms with Crippen LogP contribution in [-0.4, -0.2) is 39.2 Å². The van der Waals surface area contributed by atoms with E-state index in [4.69, 9.17) is 0 Å². The third kappa shape index (κ3) is 3.04. The second kappa shape index (κ2) is 6.66. The molecule has 1 aliphatic carbocycles. The molecule has 2 aromatic heterocycles. The topological polar surface area (TPSA) is 88.1 Å². The molecule has 2 unspecified atom stereocenters. The second-order valence-electron chi connectivity index (χ2n) is 7.22. The Morgan fingerprint density at radius 1 is 1.41 bits per heavy atom. The van der Waals surface area contributed by atoms with Crippen molar-refractivity contribution in [3.05, 3.63) is 60.0 Å². The van der Waals surface area contributed by atoms with Crippen LogP contribution in [0.5, 0.6) is 0 Å². The Balaban J connectivity index is 1.53. The van der Waals surface area contributed by atoms with E-state index in [9.17, 15) is 9.59 Å². The Labute approximate surface area is 157 Å². The van der Waals surface area contributed by atoms with E-state index in [0.29, 0.717) is 17.9 Å². The Bertz CT molecular complexity index is 927. The molecule has 27 heavy (non-hydrogen) atoms. The van der Waals surface area contributed by atoms with Crippen LogP contribution >= 0.6 is 0 Å². The number of hydrogen-bond acceptors (Lipinski definition) is 6. The van der Waals surface area contributed by atoms with Gasteiger partial charge in [-0.2, -0.15) is 0 Å². The quantitative estimate of drug-likeness (QED) is 0.815. The van der Waals surface area contributed by atoms with E-state index in [2.05, 4.69) is 39.3 Å². The number of carbonyl (C=O) groups excluding carboxylic acids is 2. The number of pyridine rings is 1. The number of fused-ring (bicyclic) bond motifs is 1. The lowest BCUT2D eigenvalue weighted by Gasteiger charge is -2.32. The number of ketones is 1. The highest BCUT2D eigenvalue weighted by Gasteiger charge is 2.40. The van der Waals surface area contributed by atoms with Crippen LogP contribution in [0.25, 0.3) is 0 Å². The number of nitrogens with zero attached hydrogens (tertiary/aromatic N) is 4. The number of rotatable bonds is 5. The highest BCUT2D eigenvalue weighted by molar-refractivity contribution is 6.16. The van der Waals surface area contributed by atoms with Gasteiger partial charge in [0, 0.05) is 24.4 Å². The van der Waals surface area contributed by atoms with Gasteiger partial charge in [0.25, 0.3) is 0 Å². The molecule has 0 aromatic carbocycles. The number of Topliss-reactive ketones (excluding diaryl/α,β-unsaturated/α-hetero) is 1. The zero-order chi connectivity index (χ0) is 19.0. The van der Waals surface area contributed by atoms with Gasteiger partial charge < -0.3 is 5.32 Å². The summed E-state index contributed by atoms with van der Waals surface area (Å²) in [5.41, 5.74) is 2.74. The van der Waals surface area contributed by atoms with Gasteiger partial charge in [-0.3, -0.25) is 19.5 Å². The first kappa shape index (κ1) is 17.5. The predicted octanol–water partition coefficient (Wildman–Crippen LogP) is 1.80. The molecule has 2 atom stereocenters. The molecule has 0 radical (unpaired) electrons. The lowest BCUT2D eigenvalue weighted by molar-refractivity contribution is -0.118. The number of nitrogens with one attached hydrogen (secondary N) is 1. The summed E-state index contributed by atoms with van der Waals surface area (Å²) in [7, 11) is 0. The van der Waals surface area contributed by atoms with Gasteiger partial charge in [0.05, 0.1) is 24.0 Å². The van der Waals surface area contributed by atoms with E-state index < -0.39 is 6.04 Å². The smallest absolute Gasteiger partial charge is 0.241 e. The molecular formula is C20H21N5O2. The van der Waals surface area contributed by atoms with Gasteiger partial charge >= 0.3 is 0 Å². The Kier molecular flexibility index (Phi) is 4.31. The largest absolute Gasteiger partial charge is 0.303 e. The van der Waals surface area contributed by atoms with Crippen molar-refractivity contribution in [1.82, 2.24) is 20.3 Å². The molecule has 4 rings (SSSR count). The van der Waals surface area contributed by atoms with Crippen molar-refractivity contribution >= 4 is 17.4 Å². The molecule has 7 heteroatoms. The Morgan fingerprint density at radius 2 is 2.22 bits per heavy atom. The molecule has 138 valence electrons. The van der Waals surface area contributed by atoms with Crippen LogP contribution in [0.3, 0.4) is 0 Å². The van der Waals surface area contributed by atoms with E-state index >= 15 is 0 Å². The lowest BCUT2D eigenvalue weighted by atomic mass is 9.73. The first-order valence-electron chi connectivity index (χ1n) is 9.00. The standard InChI is InChI=1S/C20H21N5O2/c1-13-19(27)18-16(8-14(9-23-18)20(2)5-3-6-20)25(13)17(26)11-22-10-15-4-7-21-12-24-15/h3-5,7-9,12-13,22H,6,10-11H2,1-2H3. The van der Waals surface area contributed by atoms with Crippen molar-refractivity contribution in [3.63, 3.8) is 0 Å². The highest BCUT2D eigenvalue weighted by Crippen LogP contribution is 2.40. The molecular weight excluding hydrogens is 342 g/mol. The molecule has 7 nitrogen and oxygen atoms in total. The van der Waals surface area contributed by atoms with Gasteiger partial charge in [-0.1, -0.05) is 19.1 Å². The maximum Gasteiger partial charge on any atom is 0.241 e. The minimum absolute atomic E-state index is 0.0725. The number of anilines is 1. The highest BCUT2D eigenvalue weighted by atomic mass is 16.2. The van der Waals surface area contributed by atoms with Gasteiger partial charge in [-0.05, 0) is 31.0 Å². The predicted molar refractivity (Wildman–Crippen MR) is 100 cm³/mol. The molecule has 1 N–H and O–H groups in total. The molecule has 2 aliphatic rings. The van der Waals surface area contributed by atoms with Crippen LogP contribution < -0.4 is 10.2 Å². The minimum atomic E-state index is -0.541. The van der Waals surface area contributed by atoms with Gasteiger partial charge in [0.15, 0.2) is 0 Å². The Hall–Kier alpha value is -2.93. The fourth-order valence-electron chi connectivity index (χ4n) is 3.50. The lowest BCUT2D eigenvalue weighted by Crippen LogP contribution is -2.43. The number of carbonyl (C=O) groups is 2. The van der Waals surface area contributed by atoms with E-state index in [-0.39, 0.29) is 23.7 Å². The number of amides is 1. The summed E-state index contributed by atoms with van der Waals surface area (Å²) in [6.45, 7) is 4.45. The summed E-state index contributed by atoms with van der Waals surface area (Å²) >= 11 is 0. The van der Waals surface area contributed by atoms with E-state index in [1.54, 1.807) is 30.3 Å². The number of allylic oxidation sites excluding steroid dienone is 2. The summed E-state index contributed by atoms with van der Waals surface area (Å²) in [4.78, 5) is 39.3. The van der Waals surface area contributed by atoms with Gasteiger partial charge in [-0.15, -0.1) is 0 Å². The monoisotopic (exact) mass is 363 g/mol. The normalized spacial score (nSPS) is 23.3. The van der Waals surface area contributed by atoms with Crippen molar-refractivity contribution in [2.24, 2.45) is 0 Å². The average molecular weight is 363 g/mol. The van der Waals surface area contributed by atoms with Crippen LogP contribution in [0.15, 0.2) is 43.0 Å². The zero-order valence-corrected chi connectivity index (χ0v) is 15.3. The van der Waals surface area contributed by atoms with Crippen LogP contribution in [0, 0.1) is 0 Å². The first-order chi connectivity index (χ1) is 13.0. The van der Waals surface area contributed by atoms with Crippen molar-refractivity contribution < 1.29 is 9.59 Å². The van der Waals surface area contributed by atoms with Gasteiger partial charge in [-0.25, -0.2) is 9.97 Å². The summed E-state index contributed by atoms with van der Waals surface area (Å²) in [6, 6.07) is 3.19. The molecule has 2 aromatic rings. The zero-order valence-electron chi connectivity index (χ0n) is 15.3. The van der Waals surface area contributed by atoms with Crippen molar-refractivity contribution in [2.45, 2.75) is 38.3 Å². The van der Waals surface area contributed by atoms with Crippen molar-refractivity contribution in [1.29, 1.82) is 0 Å². The van der Waals surface area contributed by atoms with Crippen LogP contribution in [0.2, 0.25) is 0 Å². The fraction of sp³-hybridized carbons (Fsp3) is 0.350. The maximum atomic E-state index is 12.8. The SMILES string of the molecule is CC1C(=O)c2ncc(C3(C)C=CC3)cc2N1C(=O)CNCc1ccncn1. The van der Waals surface area contributed by atoms with Crippen LogP contribution in [0.1, 0.15) is 42.0 Å². The molecule has 3 heterocycles. The number of hydrogen-bond donors (Lipinski definition) is 1. The van der Waals surface area contributed by atoms with Crippen molar-refractivity contribution in [3.8, 4) is 0 Å². The third-order valence-corrected chi connectivity index (χ3v) is 5.31. The van der Waals surface area contributed by atoms with Crippen molar-refractivity contribution in [2.75, 3.05) is 11.4 Å². The molecule has 0 saturated heterocycles. The second-order valence-corrected chi connectivity index (χ2v) is 7.22. The average Bonchev–Trinajstić information content (AvgIpc) is 2.91. The van der Waals surface area contributed by atoms with Gasteiger partial charge in [0.1, 0.15) is 12.0 Å². The van der Waals surface area contributed by atoms with E-state index in [1.807, 2.05) is 6.07 Å². The van der Waals surface area contributed by atoms with E-state index in [1.165, 1.54) is 6.33 Å². The van der Waals surface area contributed by atoms with E-state index in [0.717, 1.165) is 17.7 Å². The summed E-state index contributed by atoms with van der Waals surface area (Å²) in [6.07, 6.45) is 10.1. The number of aromatic nitrogens is 3. The summed E-state index contributed by atoms with van der Waals surface area (Å²) in [5.74, 6) is -0.271. The minimum Gasteiger partial charge on any atom is -0.303 e. The summed E-state index contributed by atoms with van der Waals surface area (Å²) in [5, 5.41) is 3.09. The molecule has 0 bridgehead atoms. The Morgan fingerprint density at radius 3 is 2.89 bits per heavy atom. The van der Waals surface area contributed by atoms with Crippen LogP contribution in [-0.2, 0) is 16.8 Å². The molecule has 0 spiro atoms. The fourth-order valence-corrected chi connectivity index (χ4v) is 3.50. The maximum absolute atomic E-state index is 12.8. The molecule has 1 aliphatic heterocycles. The first-order valence-corrected chi connectivity index (χ1v) is 9.00. The molecule has 0 saturated carbocycles. The summed E-state index contributed by atoms with van der Waals surface area (Å²) < 4.78 is 0. The molecule has 1 amide bonds. The van der Waals surface area contributed by atoms with Gasteiger partial charge in [0.2, 0.25) is 11.7 Å².